The smallest absolute Gasteiger partial charge is 0.100 e. The Labute approximate surface area is 141 Å². The lowest BCUT2D eigenvalue weighted by Gasteiger charge is -2.31. The van der Waals surface area contributed by atoms with Crippen LogP contribution in [0.1, 0.15) is 39.9 Å². The van der Waals surface area contributed by atoms with Crippen LogP contribution in [0.2, 0.25) is 0 Å². The zero-order valence-electron chi connectivity index (χ0n) is 13.9. The molecule has 2 aromatic rings. The maximum atomic E-state index is 5.99. The Morgan fingerprint density at radius 3 is 2.91 bits per heavy atom. The number of rotatable bonds is 6. The van der Waals surface area contributed by atoms with Crippen molar-refractivity contribution in [2.45, 2.75) is 38.8 Å². The molecule has 0 saturated heterocycles. The van der Waals surface area contributed by atoms with Crippen LogP contribution in [0.3, 0.4) is 0 Å². The van der Waals surface area contributed by atoms with Gasteiger partial charge in [-0.3, -0.25) is 9.58 Å². The molecule has 1 aliphatic carbocycles. The van der Waals surface area contributed by atoms with Crippen LogP contribution in [-0.2, 0) is 24.9 Å². The van der Waals surface area contributed by atoms with Crippen molar-refractivity contribution in [3.05, 3.63) is 33.3 Å². The normalized spacial score (nSPS) is 21.6. The van der Waals surface area contributed by atoms with E-state index in [9.17, 15) is 0 Å². The van der Waals surface area contributed by atoms with Gasteiger partial charge in [0.05, 0.1) is 12.3 Å². The first-order valence-electron chi connectivity index (χ1n) is 8.43. The summed E-state index contributed by atoms with van der Waals surface area (Å²) in [6.45, 7) is 6.77. The Morgan fingerprint density at radius 2 is 2.17 bits per heavy atom. The summed E-state index contributed by atoms with van der Waals surface area (Å²) in [7, 11) is 2.00. The molecular weight excluding hydrogens is 308 g/mol. The molecule has 2 aliphatic rings. The second-order valence-electron chi connectivity index (χ2n) is 6.90. The third-order valence-corrected chi connectivity index (χ3v) is 5.71. The second-order valence-corrected chi connectivity index (χ2v) is 8.28. The maximum absolute atomic E-state index is 5.99. The summed E-state index contributed by atoms with van der Waals surface area (Å²) in [4.78, 5) is 5.28. The summed E-state index contributed by atoms with van der Waals surface area (Å²) in [6.07, 6.45) is 2.68. The molecule has 23 heavy (non-hydrogen) atoms. The van der Waals surface area contributed by atoms with E-state index in [1.54, 1.807) is 0 Å². The van der Waals surface area contributed by atoms with E-state index in [-0.39, 0.29) is 0 Å². The molecule has 1 saturated carbocycles. The van der Waals surface area contributed by atoms with E-state index in [4.69, 9.17) is 4.74 Å². The summed E-state index contributed by atoms with van der Waals surface area (Å²) < 4.78 is 7.93. The first-order chi connectivity index (χ1) is 11.2. The fourth-order valence-corrected chi connectivity index (χ4v) is 4.33. The molecule has 0 radical (unpaired) electrons. The fraction of sp³-hybridized carbons (Fsp3) is 0.647. The quantitative estimate of drug-likeness (QED) is 0.816. The van der Waals surface area contributed by atoms with Crippen LogP contribution < -0.4 is 0 Å². The first kappa shape index (κ1) is 15.3. The zero-order chi connectivity index (χ0) is 15.8. The molecule has 1 fully saturated rings. The van der Waals surface area contributed by atoms with E-state index >= 15 is 0 Å². The predicted octanol–water partition coefficient (Wildman–Crippen LogP) is 2.71. The predicted molar refractivity (Wildman–Crippen MR) is 90.5 cm³/mol. The average molecular weight is 332 g/mol. The SMILES string of the molecule is Cc1ccc(CN2Cc3nnn(C)c3[C@@H](COCC3CC3)C2)s1. The molecule has 4 rings (SSSR count). The maximum Gasteiger partial charge on any atom is 0.100 e. The molecule has 3 heterocycles. The molecule has 2 aromatic heterocycles. The number of ether oxygens (including phenoxy) is 1. The lowest BCUT2D eigenvalue weighted by atomic mass is 9.99. The summed E-state index contributed by atoms with van der Waals surface area (Å²) in [6, 6.07) is 4.44. The van der Waals surface area contributed by atoms with Gasteiger partial charge in [-0.15, -0.1) is 16.4 Å². The number of aryl methyl sites for hydroxylation is 2. The van der Waals surface area contributed by atoms with E-state index in [2.05, 4.69) is 34.3 Å². The summed E-state index contributed by atoms with van der Waals surface area (Å²) >= 11 is 1.89. The van der Waals surface area contributed by atoms with Crippen LogP contribution in [0, 0.1) is 12.8 Å². The van der Waals surface area contributed by atoms with Gasteiger partial charge in [-0.25, -0.2) is 0 Å². The molecule has 0 spiro atoms. The van der Waals surface area contributed by atoms with E-state index in [1.165, 1.54) is 28.3 Å². The van der Waals surface area contributed by atoms with Crippen LogP contribution in [0.5, 0.6) is 0 Å². The molecule has 1 aliphatic heterocycles. The molecule has 5 nitrogen and oxygen atoms in total. The number of fused-ring (bicyclic) bond motifs is 1. The molecule has 0 unspecified atom stereocenters. The van der Waals surface area contributed by atoms with Crippen LogP contribution in [0.15, 0.2) is 12.1 Å². The first-order valence-corrected chi connectivity index (χ1v) is 9.24. The van der Waals surface area contributed by atoms with Gasteiger partial charge in [0, 0.05) is 49.0 Å². The third-order valence-electron chi connectivity index (χ3n) is 4.73. The lowest BCUT2D eigenvalue weighted by molar-refractivity contribution is 0.0868. The van der Waals surface area contributed by atoms with Gasteiger partial charge in [0.25, 0.3) is 0 Å². The van der Waals surface area contributed by atoms with E-state index in [0.29, 0.717) is 5.92 Å². The van der Waals surface area contributed by atoms with Crippen LogP contribution >= 0.6 is 11.3 Å². The molecular formula is C17H24N4OS. The van der Waals surface area contributed by atoms with E-state index in [0.717, 1.165) is 44.5 Å². The number of nitrogens with zero attached hydrogens (tertiary/aromatic N) is 4. The van der Waals surface area contributed by atoms with Crippen molar-refractivity contribution in [2.75, 3.05) is 19.8 Å². The van der Waals surface area contributed by atoms with Gasteiger partial charge in [-0.05, 0) is 37.8 Å². The number of hydrogen-bond acceptors (Lipinski definition) is 5. The van der Waals surface area contributed by atoms with Gasteiger partial charge in [0.1, 0.15) is 5.69 Å². The Kier molecular flexibility index (Phi) is 4.22. The zero-order valence-corrected chi connectivity index (χ0v) is 14.7. The molecule has 0 N–H and O–H groups in total. The monoisotopic (exact) mass is 332 g/mol. The highest BCUT2D eigenvalue weighted by molar-refractivity contribution is 7.11. The molecule has 0 aromatic carbocycles. The second kappa shape index (κ2) is 6.34. The Morgan fingerprint density at radius 1 is 1.30 bits per heavy atom. The van der Waals surface area contributed by atoms with Crippen molar-refractivity contribution in [1.82, 2.24) is 19.9 Å². The Hall–Kier alpha value is -1.24. The third kappa shape index (κ3) is 3.49. The lowest BCUT2D eigenvalue weighted by Crippen LogP contribution is -2.35. The highest BCUT2D eigenvalue weighted by atomic mass is 32.1. The van der Waals surface area contributed by atoms with Gasteiger partial charge >= 0.3 is 0 Å². The van der Waals surface area contributed by atoms with Crippen LogP contribution in [0.25, 0.3) is 0 Å². The molecule has 0 amide bonds. The van der Waals surface area contributed by atoms with Crippen molar-refractivity contribution < 1.29 is 4.74 Å². The van der Waals surface area contributed by atoms with Crippen LogP contribution in [-0.4, -0.2) is 39.7 Å². The largest absolute Gasteiger partial charge is 0.380 e. The fourth-order valence-electron chi connectivity index (χ4n) is 3.40. The van der Waals surface area contributed by atoms with E-state index < -0.39 is 0 Å². The van der Waals surface area contributed by atoms with Gasteiger partial charge in [-0.1, -0.05) is 5.21 Å². The Balaban J connectivity index is 1.45. The minimum absolute atomic E-state index is 0.374. The summed E-state index contributed by atoms with van der Waals surface area (Å²) in [5.41, 5.74) is 2.38. The standard InChI is InChI=1S/C17H24N4OS/c1-12-3-6-15(23-12)8-21-7-14(11-22-10-13-4-5-13)17-16(9-21)18-19-20(17)2/h3,6,13-14H,4-5,7-11H2,1-2H3/t14-/m1/s1. The van der Waals surface area contributed by atoms with E-state index in [1.807, 2.05) is 23.1 Å². The summed E-state index contributed by atoms with van der Waals surface area (Å²) in [5, 5.41) is 8.61. The molecule has 1 atom stereocenters. The minimum Gasteiger partial charge on any atom is -0.380 e. The van der Waals surface area contributed by atoms with Crippen molar-refractivity contribution in [3.63, 3.8) is 0 Å². The Bertz CT molecular complexity index is 676. The number of hydrogen-bond donors (Lipinski definition) is 0. The number of aromatic nitrogens is 3. The van der Waals surface area contributed by atoms with Crippen molar-refractivity contribution in [1.29, 1.82) is 0 Å². The molecule has 124 valence electrons. The minimum atomic E-state index is 0.374. The molecule has 0 bridgehead atoms. The van der Waals surface area contributed by atoms with Crippen LogP contribution in [0.4, 0.5) is 0 Å². The van der Waals surface area contributed by atoms with Crippen molar-refractivity contribution in [3.8, 4) is 0 Å². The van der Waals surface area contributed by atoms with Crippen molar-refractivity contribution in [2.24, 2.45) is 13.0 Å². The number of thiophene rings is 1. The van der Waals surface area contributed by atoms with Gasteiger partial charge < -0.3 is 4.74 Å². The topological polar surface area (TPSA) is 43.2 Å². The van der Waals surface area contributed by atoms with Crippen molar-refractivity contribution >= 4 is 11.3 Å². The molecule has 6 heteroatoms. The van der Waals surface area contributed by atoms with Gasteiger partial charge in [0.15, 0.2) is 0 Å². The highest BCUT2D eigenvalue weighted by Crippen LogP contribution is 2.31. The summed E-state index contributed by atoms with van der Waals surface area (Å²) in [5.74, 6) is 1.19. The highest BCUT2D eigenvalue weighted by Gasteiger charge is 2.31. The average Bonchev–Trinajstić information content (AvgIpc) is 3.15. The van der Waals surface area contributed by atoms with Gasteiger partial charge in [-0.2, -0.15) is 0 Å². The van der Waals surface area contributed by atoms with Gasteiger partial charge in [0.2, 0.25) is 0 Å².